The van der Waals surface area contributed by atoms with Gasteiger partial charge in [-0.15, -0.1) is 0 Å². The number of aryl methyl sites for hydroxylation is 1. The summed E-state index contributed by atoms with van der Waals surface area (Å²) in [6.07, 6.45) is 1.14. The minimum absolute atomic E-state index is 0.179. The molecule has 4 nitrogen and oxygen atoms in total. The molecule has 1 aromatic heterocycles. The molecule has 100 valence electrons. The maximum atomic E-state index is 12.0. The van der Waals surface area contributed by atoms with Crippen molar-refractivity contribution in [2.75, 3.05) is 6.54 Å². The van der Waals surface area contributed by atoms with Gasteiger partial charge in [0.1, 0.15) is 6.10 Å². The Hall–Kier alpha value is -1.59. The fourth-order valence-electron chi connectivity index (χ4n) is 1.86. The molecule has 1 heterocycles. The van der Waals surface area contributed by atoms with Crippen molar-refractivity contribution in [3.05, 3.63) is 58.3 Å². The SMILES string of the molecule is Cn1cccc1C(O)CNC(=O)c1ccccc1Br. The minimum Gasteiger partial charge on any atom is -0.385 e. The van der Waals surface area contributed by atoms with Crippen LogP contribution in [0, 0.1) is 0 Å². The van der Waals surface area contributed by atoms with E-state index in [2.05, 4.69) is 21.2 Å². The van der Waals surface area contributed by atoms with Crippen LogP contribution in [-0.2, 0) is 7.05 Å². The number of rotatable bonds is 4. The van der Waals surface area contributed by atoms with Crippen molar-refractivity contribution in [1.82, 2.24) is 9.88 Å². The third-order valence-corrected chi connectivity index (χ3v) is 3.59. The number of hydrogen-bond acceptors (Lipinski definition) is 2. The van der Waals surface area contributed by atoms with Crippen LogP contribution in [-0.4, -0.2) is 22.1 Å². The summed E-state index contributed by atoms with van der Waals surface area (Å²) in [5.41, 5.74) is 1.33. The lowest BCUT2D eigenvalue weighted by atomic mass is 10.2. The average molecular weight is 323 g/mol. The highest BCUT2D eigenvalue weighted by Crippen LogP contribution is 2.16. The van der Waals surface area contributed by atoms with E-state index in [1.54, 1.807) is 12.1 Å². The number of benzene rings is 1. The first kappa shape index (κ1) is 13.8. The molecule has 0 aliphatic heterocycles. The van der Waals surface area contributed by atoms with E-state index in [-0.39, 0.29) is 12.5 Å². The lowest BCUT2D eigenvalue weighted by Crippen LogP contribution is -2.29. The van der Waals surface area contributed by atoms with Crippen molar-refractivity contribution in [3.8, 4) is 0 Å². The van der Waals surface area contributed by atoms with E-state index >= 15 is 0 Å². The van der Waals surface area contributed by atoms with Gasteiger partial charge in [-0.05, 0) is 40.2 Å². The van der Waals surface area contributed by atoms with E-state index in [0.717, 1.165) is 10.2 Å². The third-order valence-electron chi connectivity index (χ3n) is 2.90. The van der Waals surface area contributed by atoms with Gasteiger partial charge in [-0.25, -0.2) is 0 Å². The molecule has 1 aromatic carbocycles. The van der Waals surface area contributed by atoms with E-state index in [1.807, 2.05) is 42.1 Å². The Balaban J connectivity index is 1.98. The molecule has 0 saturated carbocycles. The number of amides is 1. The molecule has 1 atom stereocenters. The van der Waals surface area contributed by atoms with Gasteiger partial charge in [0.25, 0.3) is 5.91 Å². The highest BCUT2D eigenvalue weighted by Gasteiger charge is 2.14. The number of aromatic nitrogens is 1. The fraction of sp³-hybridized carbons (Fsp3) is 0.214. The Labute approximate surface area is 120 Å². The van der Waals surface area contributed by atoms with E-state index in [1.165, 1.54) is 0 Å². The summed E-state index contributed by atoms with van der Waals surface area (Å²) in [6.45, 7) is 0.179. The van der Waals surface area contributed by atoms with Crippen LogP contribution < -0.4 is 5.32 Å². The molecular formula is C14H15BrN2O2. The van der Waals surface area contributed by atoms with Crippen LogP contribution in [0.2, 0.25) is 0 Å². The van der Waals surface area contributed by atoms with Crippen LogP contribution in [0.15, 0.2) is 47.1 Å². The summed E-state index contributed by atoms with van der Waals surface area (Å²) in [6, 6.07) is 10.9. The maximum Gasteiger partial charge on any atom is 0.252 e. The van der Waals surface area contributed by atoms with Gasteiger partial charge in [-0.1, -0.05) is 12.1 Å². The monoisotopic (exact) mass is 322 g/mol. The quantitative estimate of drug-likeness (QED) is 0.907. The molecule has 1 unspecified atom stereocenters. The van der Waals surface area contributed by atoms with Gasteiger partial charge in [0, 0.05) is 30.0 Å². The summed E-state index contributed by atoms with van der Waals surface area (Å²) >= 11 is 3.33. The molecule has 2 N–H and O–H groups in total. The van der Waals surface area contributed by atoms with Crippen LogP contribution in [0.1, 0.15) is 22.2 Å². The molecule has 19 heavy (non-hydrogen) atoms. The summed E-state index contributed by atoms with van der Waals surface area (Å²) in [4.78, 5) is 12.0. The molecule has 0 radical (unpaired) electrons. The number of carbonyl (C=O) groups is 1. The van der Waals surface area contributed by atoms with Crippen LogP contribution in [0.25, 0.3) is 0 Å². The number of carbonyl (C=O) groups excluding carboxylic acids is 1. The molecule has 5 heteroatoms. The van der Waals surface area contributed by atoms with Crippen molar-refractivity contribution in [3.63, 3.8) is 0 Å². The highest BCUT2D eigenvalue weighted by atomic mass is 79.9. The Morgan fingerprint density at radius 2 is 2.11 bits per heavy atom. The number of nitrogens with one attached hydrogen (secondary N) is 1. The normalized spacial score (nSPS) is 12.2. The zero-order valence-corrected chi connectivity index (χ0v) is 12.1. The minimum atomic E-state index is -0.716. The summed E-state index contributed by atoms with van der Waals surface area (Å²) in [7, 11) is 1.86. The van der Waals surface area contributed by atoms with Gasteiger partial charge < -0.3 is 15.0 Å². The van der Waals surface area contributed by atoms with E-state index in [9.17, 15) is 9.90 Å². The van der Waals surface area contributed by atoms with Crippen molar-refractivity contribution < 1.29 is 9.90 Å². The van der Waals surface area contributed by atoms with Crippen molar-refractivity contribution in [1.29, 1.82) is 0 Å². The van der Waals surface area contributed by atoms with E-state index < -0.39 is 6.10 Å². The second kappa shape index (κ2) is 6.04. The lowest BCUT2D eigenvalue weighted by Gasteiger charge is -2.13. The molecule has 0 spiro atoms. The van der Waals surface area contributed by atoms with Crippen molar-refractivity contribution in [2.24, 2.45) is 7.05 Å². The smallest absolute Gasteiger partial charge is 0.252 e. The first-order valence-electron chi connectivity index (χ1n) is 5.91. The van der Waals surface area contributed by atoms with Gasteiger partial charge in [0.2, 0.25) is 0 Å². The second-order valence-electron chi connectivity index (χ2n) is 4.25. The predicted octanol–water partition coefficient (Wildman–Crippen LogP) is 2.25. The summed E-state index contributed by atoms with van der Waals surface area (Å²) < 4.78 is 2.57. The molecule has 0 aliphatic carbocycles. The predicted molar refractivity (Wildman–Crippen MR) is 76.8 cm³/mol. The zero-order valence-electron chi connectivity index (χ0n) is 10.5. The number of aliphatic hydroxyl groups excluding tert-OH is 1. The fourth-order valence-corrected chi connectivity index (χ4v) is 2.32. The highest BCUT2D eigenvalue weighted by molar-refractivity contribution is 9.10. The van der Waals surface area contributed by atoms with Gasteiger partial charge in [-0.2, -0.15) is 0 Å². The van der Waals surface area contributed by atoms with Crippen LogP contribution in [0.4, 0.5) is 0 Å². The molecule has 0 aliphatic rings. The maximum absolute atomic E-state index is 12.0. The Bertz CT molecular complexity index is 580. The van der Waals surface area contributed by atoms with Crippen LogP contribution in [0.5, 0.6) is 0 Å². The number of nitrogens with zero attached hydrogens (tertiary/aromatic N) is 1. The molecule has 0 bridgehead atoms. The van der Waals surface area contributed by atoms with Crippen molar-refractivity contribution in [2.45, 2.75) is 6.10 Å². The topological polar surface area (TPSA) is 54.3 Å². The first-order valence-corrected chi connectivity index (χ1v) is 6.71. The van der Waals surface area contributed by atoms with Crippen LogP contribution in [0.3, 0.4) is 0 Å². The molecule has 1 amide bonds. The van der Waals surface area contributed by atoms with Gasteiger partial charge in [-0.3, -0.25) is 4.79 Å². The van der Waals surface area contributed by atoms with Crippen molar-refractivity contribution >= 4 is 21.8 Å². The number of halogens is 1. The standard InChI is InChI=1S/C14H15BrN2O2/c1-17-8-4-7-12(17)13(18)9-16-14(19)10-5-2-3-6-11(10)15/h2-8,13,18H,9H2,1H3,(H,16,19). The molecule has 0 saturated heterocycles. The summed E-state index contributed by atoms with van der Waals surface area (Å²) in [5, 5.41) is 12.7. The molecular weight excluding hydrogens is 308 g/mol. The summed E-state index contributed by atoms with van der Waals surface area (Å²) in [5.74, 6) is -0.208. The molecule has 2 rings (SSSR count). The average Bonchev–Trinajstić information content (AvgIpc) is 2.82. The van der Waals surface area contributed by atoms with Crippen LogP contribution >= 0.6 is 15.9 Å². The van der Waals surface area contributed by atoms with Gasteiger partial charge in [0.05, 0.1) is 5.56 Å². The number of hydrogen-bond donors (Lipinski definition) is 2. The second-order valence-corrected chi connectivity index (χ2v) is 5.10. The van der Waals surface area contributed by atoms with E-state index in [0.29, 0.717) is 5.56 Å². The van der Waals surface area contributed by atoms with E-state index in [4.69, 9.17) is 0 Å². The molecule has 0 fully saturated rings. The largest absolute Gasteiger partial charge is 0.385 e. The Morgan fingerprint density at radius 3 is 2.74 bits per heavy atom. The Kier molecular flexibility index (Phi) is 4.39. The molecule has 2 aromatic rings. The Morgan fingerprint density at radius 1 is 1.37 bits per heavy atom. The van der Waals surface area contributed by atoms with Gasteiger partial charge >= 0.3 is 0 Å². The zero-order chi connectivity index (χ0) is 13.8. The first-order chi connectivity index (χ1) is 9.09. The number of aliphatic hydroxyl groups is 1. The lowest BCUT2D eigenvalue weighted by molar-refractivity contribution is 0.0911. The van der Waals surface area contributed by atoms with Gasteiger partial charge in [0.15, 0.2) is 0 Å². The third kappa shape index (κ3) is 3.24.